The van der Waals surface area contributed by atoms with Crippen molar-refractivity contribution in [1.82, 2.24) is 40.5 Å². The number of carbonyl (C=O) groups excluding carboxylic acids is 2. The Morgan fingerprint density at radius 3 is 1.75 bits per heavy atom. The van der Waals surface area contributed by atoms with Gasteiger partial charge in [-0.25, -0.2) is 8.78 Å². The molecular weight excluding hydrogens is 866 g/mol. The number of pyridine rings is 4. The molecule has 0 aliphatic heterocycles. The number of hydrogen-bond donors (Lipinski definition) is 4. The minimum atomic E-state index is -0.371. The number of nitrogens with one attached hydrogen (secondary N) is 4. The van der Waals surface area contributed by atoms with Crippen molar-refractivity contribution in [2.75, 3.05) is 0 Å². The quantitative estimate of drug-likeness (QED) is 0.108. The van der Waals surface area contributed by atoms with E-state index in [0.717, 1.165) is 82.8 Å². The van der Waals surface area contributed by atoms with Gasteiger partial charge in [-0.1, -0.05) is 35.3 Å². The molecule has 0 saturated heterocycles. The van der Waals surface area contributed by atoms with Crippen molar-refractivity contribution < 1.29 is 18.4 Å². The van der Waals surface area contributed by atoms with Gasteiger partial charge in [-0.05, 0) is 126 Å². The highest BCUT2D eigenvalue weighted by Gasteiger charge is 2.13. The van der Waals surface area contributed by atoms with Crippen LogP contribution in [0.1, 0.15) is 59.9 Å². The van der Waals surface area contributed by atoms with Crippen molar-refractivity contribution in [2.45, 2.75) is 32.9 Å². The number of nitrogens with zero attached hydrogens (tertiary/aromatic N) is 4. The van der Waals surface area contributed by atoms with Gasteiger partial charge in [0.15, 0.2) is 0 Å². The van der Waals surface area contributed by atoms with Gasteiger partial charge < -0.3 is 20.6 Å². The average Bonchev–Trinajstić information content (AvgIpc) is 3.88. The molecular formula is C51H38Cl2F2N8O2. The Morgan fingerprint density at radius 1 is 0.585 bits per heavy atom. The predicted octanol–water partition coefficient (Wildman–Crippen LogP) is 11.2. The highest BCUT2D eigenvalue weighted by atomic mass is 35.5. The molecule has 2 amide bonds. The maximum atomic E-state index is 13.5. The number of aryl methyl sites for hydroxylation is 1. The Balaban J connectivity index is 0.000000164. The number of rotatable bonds is 10. The van der Waals surface area contributed by atoms with Gasteiger partial charge in [0.1, 0.15) is 11.6 Å². The van der Waals surface area contributed by atoms with Crippen LogP contribution in [0.5, 0.6) is 0 Å². The van der Waals surface area contributed by atoms with E-state index >= 15 is 0 Å². The zero-order valence-electron chi connectivity index (χ0n) is 34.7. The van der Waals surface area contributed by atoms with Crippen LogP contribution in [0, 0.1) is 18.6 Å². The second kappa shape index (κ2) is 18.7. The fraction of sp³-hybridized carbons (Fsp3) is 0.0980. The van der Waals surface area contributed by atoms with Crippen LogP contribution in [-0.2, 0) is 25.9 Å². The lowest BCUT2D eigenvalue weighted by molar-refractivity contribution is 0.0942. The summed E-state index contributed by atoms with van der Waals surface area (Å²) >= 11 is 12.3. The van der Waals surface area contributed by atoms with Crippen LogP contribution < -0.4 is 10.6 Å². The number of hydrogen-bond acceptors (Lipinski definition) is 6. The summed E-state index contributed by atoms with van der Waals surface area (Å²) in [5.41, 5.74) is 10.9. The monoisotopic (exact) mass is 902 g/mol. The van der Waals surface area contributed by atoms with Crippen LogP contribution in [0.15, 0.2) is 140 Å². The first-order valence-corrected chi connectivity index (χ1v) is 21.3. The molecule has 4 N–H and O–H groups in total. The lowest BCUT2D eigenvalue weighted by atomic mass is 10.0. The van der Waals surface area contributed by atoms with Crippen molar-refractivity contribution in [2.24, 2.45) is 0 Å². The molecule has 322 valence electrons. The maximum Gasteiger partial charge on any atom is 0.251 e. The van der Waals surface area contributed by atoms with Crippen LogP contribution in [0.25, 0.3) is 43.6 Å². The van der Waals surface area contributed by atoms with E-state index < -0.39 is 0 Å². The summed E-state index contributed by atoms with van der Waals surface area (Å²) in [4.78, 5) is 48.8. The highest BCUT2D eigenvalue weighted by molar-refractivity contribution is 6.35. The topological polar surface area (TPSA) is 141 Å². The van der Waals surface area contributed by atoms with E-state index in [-0.39, 0.29) is 23.4 Å². The molecule has 0 saturated carbocycles. The molecule has 6 aromatic heterocycles. The molecule has 0 fully saturated rings. The number of amides is 2. The molecule has 0 unspecified atom stereocenters. The van der Waals surface area contributed by atoms with E-state index in [9.17, 15) is 18.4 Å². The molecule has 0 spiro atoms. The van der Waals surface area contributed by atoms with Crippen LogP contribution in [0.4, 0.5) is 8.78 Å². The third-order valence-electron chi connectivity index (χ3n) is 11.0. The van der Waals surface area contributed by atoms with Gasteiger partial charge in [0.25, 0.3) is 11.8 Å². The van der Waals surface area contributed by atoms with E-state index in [1.54, 1.807) is 42.9 Å². The molecule has 10 rings (SSSR count). The zero-order valence-corrected chi connectivity index (χ0v) is 36.2. The van der Waals surface area contributed by atoms with Crippen LogP contribution in [0.2, 0.25) is 10.0 Å². The summed E-state index contributed by atoms with van der Waals surface area (Å²) in [6.45, 7) is 2.77. The van der Waals surface area contributed by atoms with Gasteiger partial charge in [-0.3, -0.25) is 29.5 Å². The molecule has 6 heterocycles. The average molecular weight is 904 g/mol. The Kier molecular flexibility index (Phi) is 12.3. The van der Waals surface area contributed by atoms with Gasteiger partial charge in [0, 0.05) is 111 Å². The SMILES string of the molecule is Cc1cc2[nH]cc(Cl)c2cc1CNC(=O)c1ccnc(Cc2ccc3ncc(F)cc3c2)c1.O=C(NCc1c[nH]c2ccc(Cl)cc12)c1ccnc(Cc2ccc3ncc(F)cc3c2)c1. The van der Waals surface area contributed by atoms with E-state index in [2.05, 4.69) is 40.5 Å². The van der Waals surface area contributed by atoms with Gasteiger partial charge >= 0.3 is 0 Å². The number of carbonyl (C=O) groups is 2. The number of H-pyrrole nitrogens is 2. The summed E-state index contributed by atoms with van der Waals surface area (Å²) in [6, 6.07) is 30.9. The first-order chi connectivity index (χ1) is 31.5. The van der Waals surface area contributed by atoms with Gasteiger partial charge in [0.05, 0.1) is 28.4 Å². The number of benzene rings is 4. The summed E-state index contributed by atoms with van der Waals surface area (Å²) < 4.78 is 27.0. The second-order valence-corrected chi connectivity index (χ2v) is 16.5. The summed E-state index contributed by atoms with van der Waals surface area (Å²) in [5, 5.41) is 10.6. The van der Waals surface area contributed by atoms with Crippen molar-refractivity contribution in [3.05, 3.63) is 212 Å². The van der Waals surface area contributed by atoms with Crippen LogP contribution in [0.3, 0.4) is 0 Å². The van der Waals surface area contributed by atoms with Crippen LogP contribution >= 0.6 is 23.2 Å². The van der Waals surface area contributed by atoms with Gasteiger partial charge in [0.2, 0.25) is 0 Å². The van der Waals surface area contributed by atoms with E-state index in [0.29, 0.717) is 47.1 Å². The molecule has 4 aromatic carbocycles. The van der Waals surface area contributed by atoms with E-state index in [1.807, 2.05) is 79.9 Å². The third-order valence-corrected chi connectivity index (χ3v) is 11.6. The van der Waals surface area contributed by atoms with Gasteiger partial charge in [-0.2, -0.15) is 0 Å². The summed E-state index contributed by atoms with van der Waals surface area (Å²) in [7, 11) is 0. The lowest BCUT2D eigenvalue weighted by Gasteiger charge is -2.10. The van der Waals surface area contributed by atoms with Crippen molar-refractivity contribution in [3.63, 3.8) is 0 Å². The third kappa shape index (κ3) is 9.99. The molecule has 0 aliphatic carbocycles. The molecule has 0 radical (unpaired) electrons. The molecule has 65 heavy (non-hydrogen) atoms. The number of halogens is 4. The molecule has 0 atom stereocenters. The normalized spacial score (nSPS) is 11.2. The largest absolute Gasteiger partial charge is 0.361 e. The molecule has 14 heteroatoms. The standard InChI is InChI=1S/C26H20ClFN4O.C25H18ClFN4O/c1-15-6-25-22(23(27)14-31-25)11-19(15)12-32-26(33)17-4-5-29-21(10-17)8-16-2-3-24-18(7-16)9-20(28)13-30-24;26-19-2-4-24-22(11-19)18(12-29-24)13-31-25(32)16-5-6-28-21(10-16)8-15-1-3-23-17(7-15)9-20(27)14-30-23/h2-7,9-11,13-14,31H,8,12H2,1H3,(H,32,33);1-7,9-12,14,29H,8,13H2,(H,31,32). The van der Waals surface area contributed by atoms with Crippen molar-refractivity contribution in [1.29, 1.82) is 0 Å². The Hall–Kier alpha value is -7.54. The maximum absolute atomic E-state index is 13.5. The van der Waals surface area contributed by atoms with Gasteiger partial charge in [-0.15, -0.1) is 0 Å². The number of aromatic nitrogens is 6. The number of fused-ring (bicyclic) bond motifs is 4. The first kappa shape index (κ1) is 42.7. The van der Waals surface area contributed by atoms with Crippen LogP contribution in [-0.4, -0.2) is 41.7 Å². The second-order valence-electron chi connectivity index (χ2n) is 15.6. The fourth-order valence-electron chi connectivity index (χ4n) is 7.71. The van der Waals surface area contributed by atoms with Crippen molar-refractivity contribution in [3.8, 4) is 0 Å². The first-order valence-electron chi connectivity index (χ1n) is 20.6. The highest BCUT2D eigenvalue weighted by Crippen LogP contribution is 2.27. The van der Waals surface area contributed by atoms with Crippen molar-refractivity contribution >= 4 is 78.6 Å². The summed E-state index contributed by atoms with van der Waals surface area (Å²) in [5.74, 6) is -1.11. The van der Waals surface area contributed by atoms with E-state index in [4.69, 9.17) is 23.2 Å². The minimum absolute atomic E-state index is 0.178. The molecule has 0 bridgehead atoms. The zero-order chi connectivity index (χ0) is 45.0. The smallest absolute Gasteiger partial charge is 0.251 e. The lowest BCUT2D eigenvalue weighted by Crippen LogP contribution is -2.23. The fourth-order valence-corrected chi connectivity index (χ4v) is 8.09. The Bertz CT molecular complexity index is 3430. The number of aromatic amines is 2. The Labute approximate surface area is 381 Å². The summed E-state index contributed by atoms with van der Waals surface area (Å²) in [6.07, 6.45) is 10.3. The Morgan fingerprint density at radius 2 is 1.15 bits per heavy atom. The minimum Gasteiger partial charge on any atom is -0.361 e. The van der Waals surface area contributed by atoms with E-state index in [1.165, 1.54) is 24.5 Å². The molecule has 10 aromatic rings. The molecule has 10 nitrogen and oxygen atoms in total. The molecule has 0 aliphatic rings. The predicted molar refractivity (Wildman–Crippen MR) is 251 cm³/mol.